The van der Waals surface area contributed by atoms with E-state index in [4.69, 9.17) is 10.5 Å². The third-order valence-electron chi connectivity index (χ3n) is 2.44. The minimum Gasteiger partial charge on any atom is -0.444 e. The van der Waals surface area contributed by atoms with Gasteiger partial charge in [0.25, 0.3) is 0 Å². The highest BCUT2D eigenvalue weighted by Gasteiger charge is 2.16. The van der Waals surface area contributed by atoms with Crippen LogP contribution in [0, 0.1) is 0 Å². The lowest BCUT2D eigenvalue weighted by molar-refractivity contribution is 0.0636. The van der Waals surface area contributed by atoms with Crippen LogP contribution in [0.2, 0.25) is 0 Å². The fraction of sp³-hybridized carbons (Fsp3) is 0.286. The summed E-state index contributed by atoms with van der Waals surface area (Å²) in [5, 5.41) is 2.67. The Kier molecular flexibility index (Phi) is 3.65. The molecule has 106 valence electrons. The van der Waals surface area contributed by atoms with Gasteiger partial charge < -0.3 is 15.5 Å². The number of amides is 1. The quantitative estimate of drug-likeness (QED) is 0.784. The van der Waals surface area contributed by atoms with Crippen molar-refractivity contribution in [2.24, 2.45) is 0 Å². The number of nitrogens with two attached hydrogens (primary N) is 1. The van der Waals surface area contributed by atoms with Gasteiger partial charge in [-0.05, 0) is 38.5 Å². The number of nitrogens with one attached hydrogen (secondary N) is 2. The van der Waals surface area contributed by atoms with Gasteiger partial charge in [0.05, 0.1) is 11.9 Å². The van der Waals surface area contributed by atoms with Crippen LogP contribution in [0.15, 0.2) is 30.5 Å². The van der Waals surface area contributed by atoms with Crippen LogP contribution in [0.3, 0.4) is 0 Å². The smallest absolute Gasteiger partial charge is 0.412 e. The van der Waals surface area contributed by atoms with E-state index in [9.17, 15) is 4.79 Å². The van der Waals surface area contributed by atoms with Crippen LogP contribution in [0.4, 0.5) is 16.4 Å². The van der Waals surface area contributed by atoms with E-state index < -0.39 is 11.7 Å². The molecule has 0 fully saturated rings. The highest BCUT2D eigenvalue weighted by molar-refractivity contribution is 5.85. The van der Waals surface area contributed by atoms with Crippen molar-refractivity contribution in [3.05, 3.63) is 30.5 Å². The predicted octanol–water partition coefficient (Wildman–Crippen LogP) is 3.01. The van der Waals surface area contributed by atoms with Gasteiger partial charge in [-0.25, -0.2) is 9.78 Å². The molecule has 0 saturated carbocycles. The largest absolute Gasteiger partial charge is 0.444 e. The Morgan fingerprint density at radius 2 is 1.95 bits per heavy atom. The first kappa shape index (κ1) is 13.9. The highest BCUT2D eigenvalue weighted by atomic mass is 16.6. The summed E-state index contributed by atoms with van der Waals surface area (Å²) in [6.45, 7) is 5.45. The maximum atomic E-state index is 11.6. The second kappa shape index (κ2) is 5.24. The molecule has 6 heteroatoms. The summed E-state index contributed by atoms with van der Waals surface area (Å²) in [5.74, 6) is 0.371. The van der Waals surface area contributed by atoms with E-state index in [-0.39, 0.29) is 0 Å². The van der Waals surface area contributed by atoms with Crippen LogP contribution >= 0.6 is 0 Å². The number of carbonyl (C=O) groups is 1. The van der Waals surface area contributed by atoms with E-state index in [0.717, 1.165) is 11.3 Å². The average Bonchev–Trinajstić information content (AvgIpc) is 2.74. The molecule has 2 rings (SSSR count). The third kappa shape index (κ3) is 3.74. The third-order valence-corrected chi connectivity index (χ3v) is 2.44. The number of anilines is 2. The van der Waals surface area contributed by atoms with Gasteiger partial charge in [-0.3, -0.25) is 5.32 Å². The first-order valence-electron chi connectivity index (χ1n) is 6.24. The lowest BCUT2D eigenvalue weighted by Gasteiger charge is -2.19. The lowest BCUT2D eigenvalue weighted by Crippen LogP contribution is -2.27. The number of nitrogen functional groups attached to an aromatic ring is 1. The van der Waals surface area contributed by atoms with Crippen LogP contribution in [0.25, 0.3) is 11.3 Å². The van der Waals surface area contributed by atoms with Gasteiger partial charge in [0, 0.05) is 5.69 Å². The number of hydrogen-bond donors (Lipinski definition) is 3. The molecule has 0 aliphatic carbocycles. The zero-order chi connectivity index (χ0) is 14.8. The van der Waals surface area contributed by atoms with Crippen LogP contribution < -0.4 is 11.1 Å². The Labute approximate surface area is 117 Å². The summed E-state index contributed by atoms with van der Waals surface area (Å²) in [5.41, 5.74) is 7.44. The predicted molar refractivity (Wildman–Crippen MR) is 78.3 cm³/mol. The molecule has 6 nitrogen and oxygen atoms in total. The molecule has 1 heterocycles. The molecule has 0 radical (unpaired) electrons. The normalized spacial score (nSPS) is 11.2. The molecule has 0 bridgehead atoms. The Bertz CT molecular complexity index is 596. The number of carbonyl (C=O) groups excluding carboxylic acids is 1. The van der Waals surface area contributed by atoms with Gasteiger partial charge in [-0.2, -0.15) is 0 Å². The molecule has 0 aliphatic rings. The van der Waals surface area contributed by atoms with Crippen LogP contribution in [-0.4, -0.2) is 21.7 Å². The Hall–Kier alpha value is -2.50. The first-order chi connectivity index (χ1) is 9.33. The zero-order valence-corrected chi connectivity index (χ0v) is 11.7. The van der Waals surface area contributed by atoms with Crippen molar-refractivity contribution in [2.45, 2.75) is 26.4 Å². The number of H-pyrrole nitrogens is 1. The zero-order valence-electron chi connectivity index (χ0n) is 11.7. The summed E-state index contributed by atoms with van der Waals surface area (Å²) >= 11 is 0. The van der Waals surface area contributed by atoms with Crippen molar-refractivity contribution in [3.63, 3.8) is 0 Å². The van der Waals surface area contributed by atoms with Crippen molar-refractivity contribution in [1.29, 1.82) is 0 Å². The number of imidazole rings is 1. The van der Waals surface area contributed by atoms with Gasteiger partial charge in [0.15, 0.2) is 5.95 Å². The molecule has 1 aromatic heterocycles. The molecule has 1 aromatic carbocycles. The molecule has 1 amide bonds. The van der Waals surface area contributed by atoms with Gasteiger partial charge >= 0.3 is 6.09 Å². The molecular formula is C14H18N4O2. The lowest BCUT2D eigenvalue weighted by atomic mass is 10.1. The topological polar surface area (TPSA) is 93.0 Å². The summed E-state index contributed by atoms with van der Waals surface area (Å²) in [6, 6.07) is 7.30. The van der Waals surface area contributed by atoms with Crippen molar-refractivity contribution in [2.75, 3.05) is 11.1 Å². The standard InChI is InChI=1S/C14H18N4O2/c1-14(2,3)20-13(19)17-10-6-4-9(5-7-10)11-8-16-12(15)18-11/h4-8H,1-3H3,(H,17,19)(H3,15,16,18). The average molecular weight is 274 g/mol. The molecule has 20 heavy (non-hydrogen) atoms. The Balaban J connectivity index is 2.03. The SMILES string of the molecule is CC(C)(C)OC(=O)Nc1ccc(-c2cnc(N)[nH]2)cc1. The highest BCUT2D eigenvalue weighted by Crippen LogP contribution is 2.20. The molecule has 2 aromatic rings. The maximum absolute atomic E-state index is 11.6. The molecule has 0 aliphatic heterocycles. The summed E-state index contributed by atoms with van der Waals surface area (Å²) in [7, 11) is 0. The molecule has 0 atom stereocenters. The fourth-order valence-electron chi connectivity index (χ4n) is 1.64. The van der Waals surface area contributed by atoms with Crippen molar-refractivity contribution in [3.8, 4) is 11.3 Å². The number of aromatic amines is 1. The van der Waals surface area contributed by atoms with Crippen molar-refractivity contribution >= 4 is 17.7 Å². The number of nitrogens with zero attached hydrogens (tertiary/aromatic N) is 1. The Morgan fingerprint density at radius 3 is 2.45 bits per heavy atom. The van der Waals surface area contributed by atoms with Crippen LogP contribution in [-0.2, 0) is 4.74 Å². The van der Waals surface area contributed by atoms with Crippen LogP contribution in [0.5, 0.6) is 0 Å². The molecular weight excluding hydrogens is 256 g/mol. The minimum atomic E-state index is -0.516. The van der Waals surface area contributed by atoms with E-state index in [1.165, 1.54) is 0 Å². The molecule has 0 spiro atoms. The fourth-order valence-corrected chi connectivity index (χ4v) is 1.64. The second-order valence-electron chi connectivity index (χ2n) is 5.39. The Morgan fingerprint density at radius 1 is 1.30 bits per heavy atom. The molecule has 0 unspecified atom stereocenters. The van der Waals surface area contributed by atoms with Crippen LogP contribution in [0.1, 0.15) is 20.8 Å². The first-order valence-corrected chi connectivity index (χ1v) is 6.24. The number of rotatable bonds is 2. The van der Waals surface area contributed by atoms with Gasteiger partial charge in [-0.1, -0.05) is 12.1 Å². The van der Waals surface area contributed by atoms with E-state index in [1.807, 2.05) is 32.9 Å². The number of aromatic nitrogens is 2. The van der Waals surface area contributed by atoms with Crippen molar-refractivity contribution in [1.82, 2.24) is 9.97 Å². The summed E-state index contributed by atoms with van der Waals surface area (Å²) in [4.78, 5) is 18.5. The van der Waals surface area contributed by atoms with Gasteiger partial charge in [0.2, 0.25) is 0 Å². The summed E-state index contributed by atoms with van der Waals surface area (Å²) < 4.78 is 5.18. The number of ether oxygens (including phenoxy) is 1. The minimum absolute atomic E-state index is 0.371. The maximum Gasteiger partial charge on any atom is 0.412 e. The number of benzene rings is 1. The second-order valence-corrected chi connectivity index (χ2v) is 5.39. The van der Waals surface area contributed by atoms with E-state index in [0.29, 0.717) is 11.6 Å². The summed E-state index contributed by atoms with van der Waals surface area (Å²) in [6.07, 6.45) is 1.18. The van der Waals surface area contributed by atoms with E-state index in [1.54, 1.807) is 18.3 Å². The molecule has 0 saturated heterocycles. The van der Waals surface area contributed by atoms with Gasteiger partial charge in [0.1, 0.15) is 5.60 Å². The monoisotopic (exact) mass is 274 g/mol. The van der Waals surface area contributed by atoms with E-state index in [2.05, 4.69) is 15.3 Å². The van der Waals surface area contributed by atoms with E-state index >= 15 is 0 Å². The number of hydrogen-bond acceptors (Lipinski definition) is 4. The van der Waals surface area contributed by atoms with Gasteiger partial charge in [-0.15, -0.1) is 0 Å². The van der Waals surface area contributed by atoms with Crippen molar-refractivity contribution < 1.29 is 9.53 Å². The molecule has 4 N–H and O–H groups in total.